The molecule has 1 rings (SSSR count). The molecule has 6 nitrogen and oxygen atoms in total. The summed E-state index contributed by atoms with van der Waals surface area (Å²) in [5, 5.41) is 2.56. The highest BCUT2D eigenvalue weighted by Gasteiger charge is 2.35. The van der Waals surface area contributed by atoms with Crippen LogP contribution in [0.5, 0.6) is 0 Å². The molecule has 0 saturated carbocycles. The molecule has 0 spiro atoms. The lowest BCUT2D eigenvalue weighted by Gasteiger charge is -2.25. The van der Waals surface area contributed by atoms with Crippen molar-refractivity contribution in [1.29, 1.82) is 0 Å². The topological polar surface area (TPSA) is 83.6 Å². The van der Waals surface area contributed by atoms with E-state index in [1.807, 2.05) is 0 Å². The maximum atomic E-state index is 11.8. The molecule has 104 valence electrons. The Hall–Kier alpha value is -1.11. The van der Waals surface area contributed by atoms with Crippen molar-refractivity contribution in [2.24, 2.45) is 0 Å². The number of amides is 2. The van der Waals surface area contributed by atoms with Gasteiger partial charge in [-0.05, 0) is 27.2 Å². The maximum Gasteiger partial charge on any atom is 0.311 e. The van der Waals surface area contributed by atoms with Crippen LogP contribution in [-0.2, 0) is 19.4 Å². The maximum absolute atomic E-state index is 11.8. The van der Waals surface area contributed by atoms with Crippen LogP contribution in [0.3, 0.4) is 0 Å². The number of hydrogen-bond donors (Lipinski definition) is 1. The van der Waals surface area contributed by atoms with Gasteiger partial charge in [-0.3, -0.25) is 9.59 Å². The van der Waals surface area contributed by atoms with E-state index in [9.17, 15) is 18.0 Å². The molecule has 1 fully saturated rings. The van der Waals surface area contributed by atoms with Crippen molar-refractivity contribution in [1.82, 2.24) is 10.2 Å². The zero-order valence-electron chi connectivity index (χ0n) is 11.2. The Balaban J connectivity index is 2.65. The molecule has 0 bridgehead atoms. The molecule has 1 atom stereocenters. The summed E-state index contributed by atoms with van der Waals surface area (Å²) < 4.78 is 22.7. The molecule has 1 unspecified atom stereocenters. The predicted octanol–water partition coefficient (Wildman–Crippen LogP) is -0.453. The minimum atomic E-state index is -3.06. The molecule has 1 aliphatic rings. The third-order valence-electron chi connectivity index (χ3n) is 2.76. The van der Waals surface area contributed by atoms with E-state index in [-0.39, 0.29) is 11.5 Å². The van der Waals surface area contributed by atoms with Crippen molar-refractivity contribution in [3.05, 3.63) is 0 Å². The summed E-state index contributed by atoms with van der Waals surface area (Å²) in [7, 11) is -1.59. The van der Waals surface area contributed by atoms with E-state index in [4.69, 9.17) is 0 Å². The van der Waals surface area contributed by atoms with Gasteiger partial charge in [0.15, 0.2) is 9.84 Å². The first-order valence-electron chi connectivity index (χ1n) is 5.81. The number of carbonyl (C=O) groups is 2. The normalized spacial score (nSPS) is 22.6. The van der Waals surface area contributed by atoms with Gasteiger partial charge in [0.25, 0.3) is 0 Å². The summed E-state index contributed by atoms with van der Waals surface area (Å²) >= 11 is 0. The van der Waals surface area contributed by atoms with Gasteiger partial charge in [-0.25, -0.2) is 8.42 Å². The van der Waals surface area contributed by atoms with Gasteiger partial charge >= 0.3 is 11.8 Å². The Labute approximate surface area is 108 Å². The minimum Gasteiger partial charge on any atom is -0.343 e. The van der Waals surface area contributed by atoms with Crippen LogP contribution in [0.1, 0.15) is 27.2 Å². The summed E-state index contributed by atoms with van der Waals surface area (Å²) in [6.45, 7) is 5.33. The van der Waals surface area contributed by atoms with E-state index in [2.05, 4.69) is 5.32 Å². The lowest BCUT2D eigenvalue weighted by atomic mass is 10.1. The van der Waals surface area contributed by atoms with Gasteiger partial charge in [0.1, 0.15) is 0 Å². The largest absolute Gasteiger partial charge is 0.343 e. The van der Waals surface area contributed by atoms with Gasteiger partial charge < -0.3 is 10.2 Å². The predicted molar refractivity (Wildman–Crippen MR) is 67.7 cm³/mol. The van der Waals surface area contributed by atoms with Crippen molar-refractivity contribution in [2.75, 3.05) is 18.6 Å². The monoisotopic (exact) mass is 276 g/mol. The van der Waals surface area contributed by atoms with Crippen LogP contribution in [0, 0.1) is 0 Å². The second-order valence-electron chi connectivity index (χ2n) is 5.68. The Morgan fingerprint density at radius 3 is 2.22 bits per heavy atom. The molecule has 18 heavy (non-hydrogen) atoms. The molecule has 1 N–H and O–H groups in total. The summed E-state index contributed by atoms with van der Waals surface area (Å²) in [5.74, 6) is -1.37. The molecule has 0 aromatic carbocycles. The minimum absolute atomic E-state index is 0.0575. The smallest absolute Gasteiger partial charge is 0.311 e. The number of likely N-dealkylation sites (N-methyl/N-ethyl adjacent to an activating group) is 1. The fourth-order valence-corrected chi connectivity index (χ4v) is 3.58. The molecule has 1 saturated heterocycles. The molecule has 1 aliphatic heterocycles. The molecular formula is C11H20N2O4S. The van der Waals surface area contributed by atoms with Crippen molar-refractivity contribution in [3.63, 3.8) is 0 Å². The number of rotatable bonds is 1. The van der Waals surface area contributed by atoms with Crippen LogP contribution >= 0.6 is 0 Å². The van der Waals surface area contributed by atoms with E-state index in [0.717, 1.165) is 0 Å². The van der Waals surface area contributed by atoms with Crippen molar-refractivity contribution in [3.8, 4) is 0 Å². The fraction of sp³-hybridized carbons (Fsp3) is 0.818. The zero-order valence-corrected chi connectivity index (χ0v) is 12.0. The van der Waals surface area contributed by atoms with E-state index in [1.54, 1.807) is 20.8 Å². The number of sulfone groups is 1. The first kappa shape index (κ1) is 14.9. The highest BCUT2D eigenvalue weighted by molar-refractivity contribution is 7.91. The van der Waals surface area contributed by atoms with Crippen LogP contribution in [0.4, 0.5) is 0 Å². The Morgan fingerprint density at radius 2 is 1.83 bits per heavy atom. The van der Waals surface area contributed by atoms with Crippen LogP contribution in [0.25, 0.3) is 0 Å². The molecule has 7 heteroatoms. The molecule has 2 amide bonds. The summed E-state index contributed by atoms with van der Waals surface area (Å²) in [6, 6.07) is -0.395. The van der Waals surface area contributed by atoms with E-state index in [1.165, 1.54) is 11.9 Å². The third kappa shape index (κ3) is 3.97. The van der Waals surface area contributed by atoms with Gasteiger partial charge in [0, 0.05) is 18.6 Å². The van der Waals surface area contributed by atoms with Crippen molar-refractivity contribution in [2.45, 2.75) is 38.8 Å². The number of hydrogen-bond acceptors (Lipinski definition) is 4. The Kier molecular flexibility index (Phi) is 4.05. The molecular weight excluding hydrogens is 256 g/mol. The average molecular weight is 276 g/mol. The van der Waals surface area contributed by atoms with Crippen molar-refractivity contribution < 1.29 is 18.0 Å². The lowest BCUT2D eigenvalue weighted by molar-refractivity contribution is -0.146. The second kappa shape index (κ2) is 4.87. The molecule has 1 heterocycles. The van der Waals surface area contributed by atoms with Gasteiger partial charge in [0.2, 0.25) is 0 Å². The third-order valence-corrected chi connectivity index (χ3v) is 4.51. The van der Waals surface area contributed by atoms with Gasteiger partial charge in [-0.2, -0.15) is 0 Å². The highest BCUT2D eigenvalue weighted by Crippen LogP contribution is 2.16. The zero-order chi connectivity index (χ0) is 14.1. The average Bonchev–Trinajstić information content (AvgIpc) is 2.54. The summed E-state index contributed by atoms with van der Waals surface area (Å²) in [5.41, 5.74) is -0.491. The highest BCUT2D eigenvalue weighted by atomic mass is 32.2. The van der Waals surface area contributed by atoms with E-state index < -0.39 is 33.2 Å². The summed E-state index contributed by atoms with van der Waals surface area (Å²) in [6.07, 6.45) is 0.396. The SMILES string of the molecule is CN(C(=O)C(=O)NC(C)(C)C)C1CCS(=O)(=O)C1. The Bertz CT molecular complexity index is 450. The molecule has 0 aromatic rings. The molecule has 0 aliphatic carbocycles. The first-order chi connectivity index (χ1) is 8.02. The van der Waals surface area contributed by atoms with Gasteiger partial charge in [-0.15, -0.1) is 0 Å². The quantitative estimate of drug-likeness (QED) is 0.657. The molecule has 0 aromatic heterocycles. The van der Waals surface area contributed by atoms with E-state index >= 15 is 0 Å². The number of nitrogens with one attached hydrogen (secondary N) is 1. The van der Waals surface area contributed by atoms with Crippen molar-refractivity contribution >= 4 is 21.7 Å². The summed E-state index contributed by atoms with van der Waals surface area (Å²) in [4.78, 5) is 24.7. The van der Waals surface area contributed by atoms with Crippen LogP contribution < -0.4 is 5.32 Å². The van der Waals surface area contributed by atoms with Crippen LogP contribution in [0.2, 0.25) is 0 Å². The van der Waals surface area contributed by atoms with Gasteiger partial charge in [0.05, 0.1) is 11.5 Å². The Morgan fingerprint density at radius 1 is 1.28 bits per heavy atom. The number of nitrogens with zero attached hydrogens (tertiary/aromatic N) is 1. The lowest BCUT2D eigenvalue weighted by Crippen LogP contribution is -2.51. The van der Waals surface area contributed by atoms with Crippen LogP contribution in [-0.4, -0.2) is 55.3 Å². The van der Waals surface area contributed by atoms with Crippen LogP contribution in [0.15, 0.2) is 0 Å². The van der Waals surface area contributed by atoms with E-state index in [0.29, 0.717) is 6.42 Å². The first-order valence-corrected chi connectivity index (χ1v) is 7.64. The molecule has 0 radical (unpaired) electrons. The fourth-order valence-electron chi connectivity index (χ4n) is 1.80. The standard InChI is InChI=1S/C11H20N2O4S/c1-11(2,3)12-9(14)10(15)13(4)8-5-6-18(16,17)7-8/h8H,5-7H2,1-4H3,(H,12,14). The van der Waals surface area contributed by atoms with Gasteiger partial charge in [-0.1, -0.05) is 0 Å². The second-order valence-corrected chi connectivity index (χ2v) is 7.91. The number of carbonyl (C=O) groups excluding carboxylic acids is 2.